The molecule has 1 N–H and O–H groups in total. The lowest BCUT2D eigenvalue weighted by atomic mass is 10.0. The van der Waals surface area contributed by atoms with Crippen molar-refractivity contribution in [1.29, 1.82) is 0 Å². The quantitative estimate of drug-likeness (QED) is 0.297. The molecule has 2 amide bonds. The van der Waals surface area contributed by atoms with Gasteiger partial charge in [0, 0.05) is 25.9 Å². The van der Waals surface area contributed by atoms with E-state index >= 15 is 0 Å². The van der Waals surface area contributed by atoms with E-state index in [4.69, 9.17) is 4.74 Å². The van der Waals surface area contributed by atoms with Gasteiger partial charge in [-0.1, -0.05) is 91.7 Å². The Hall–Kier alpha value is -3.60. The summed E-state index contributed by atoms with van der Waals surface area (Å²) in [6.07, 6.45) is 3.26. The lowest BCUT2D eigenvalue weighted by Gasteiger charge is -2.31. The molecular formula is C31H38N2O3. The number of amides is 2. The number of aryl methyl sites for hydroxylation is 1. The monoisotopic (exact) mass is 486 g/mol. The van der Waals surface area contributed by atoms with Gasteiger partial charge in [0.05, 0.1) is 6.61 Å². The highest BCUT2D eigenvalue weighted by Gasteiger charge is 2.30. The minimum atomic E-state index is -0.590. The number of para-hydroxylation sites is 1. The number of nitrogens with one attached hydrogen (secondary N) is 1. The average molecular weight is 487 g/mol. The fraction of sp³-hybridized carbons (Fsp3) is 0.355. The normalized spacial score (nSPS) is 11.5. The summed E-state index contributed by atoms with van der Waals surface area (Å²) in [4.78, 5) is 28.7. The molecule has 0 aromatic heterocycles. The van der Waals surface area contributed by atoms with Crippen molar-refractivity contribution in [3.8, 4) is 5.75 Å². The van der Waals surface area contributed by atoms with Crippen molar-refractivity contribution < 1.29 is 14.3 Å². The standard InChI is InChI=1S/C31H38N2O3/c1-3-4-21-32-31(35)29(23-26-12-7-5-8-13-26)33(24-27-19-17-25(2)18-20-27)30(34)16-11-22-36-28-14-9-6-10-15-28/h5-10,12-15,17-20,29H,3-4,11,16,21-24H2,1-2H3,(H,32,35). The molecule has 0 saturated carbocycles. The first kappa shape index (κ1) is 27.0. The molecule has 5 nitrogen and oxygen atoms in total. The molecule has 0 heterocycles. The Balaban J connectivity index is 1.77. The van der Waals surface area contributed by atoms with Gasteiger partial charge in [0.2, 0.25) is 11.8 Å². The number of nitrogens with zero attached hydrogens (tertiary/aromatic N) is 1. The topological polar surface area (TPSA) is 58.6 Å². The van der Waals surface area contributed by atoms with E-state index in [-0.39, 0.29) is 11.8 Å². The van der Waals surface area contributed by atoms with E-state index in [1.165, 1.54) is 0 Å². The van der Waals surface area contributed by atoms with Crippen molar-refractivity contribution in [3.05, 3.63) is 102 Å². The SMILES string of the molecule is CCCCNC(=O)C(Cc1ccccc1)N(Cc1ccc(C)cc1)C(=O)CCCOc1ccccc1. The van der Waals surface area contributed by atoms with E-state index < -0.39 is 6.04 Å². The van der Waals surface area contributed by atoms with Crippen LogP contribution in [0, 0.1) is 6.92 Å². The van der Waals surface area contributed by atoms with E-state index in [2.05, 4.69) is 12.2 Å². The van der Waals surface area contributed by atoms with Crippen LogP contribution in [-0.4, -0.2) is 35.9 Å². The second-order valence-electron chi connectivity index (χ2n) is 9.12. The van der Waals surface area contributed by atoms with Gasteiger partial charge < -0.3 is 15.0 Å². The van der Waals surface area contributed by atoms with Crippen LogP contribution < -0.4 is 10.1 Å². The van der Waals surface area contributed by atoms with Crippen LogP contribution in [-0.2, 0) is 22.6 Å². The molecule has 1 unspecified atom stereocenters. The number of hydrogen-bond acceptors (Lipinski definition) is 3. The van der Waals surface area contributed by atoms with Crippen LogP contribution in [0.2, 0.25) is 0 Å². The maximum atomic E-state index is 13.6. The molecule has 3 aromatic rings. The summed E-state index contributed by atoms with van der Waals surface area (Å²) in [7, 11) is 0. The van der Waals surface area contributed by atoms with Crippen LogP contribution in [0.25, 0.3) is 0 Å². The number of ether oxygens (including phenoxy) is 1. The highest BCUT2D eigenvalue weighted by atomic mass is 16.5. The number of carbonyl (C=O) groups is 2. The van der Waals surface area contributed by atoms with Crippen LogP contribution in [0.4, 0.5) is 0 Å². The maximum Gasteiger partial charge on any atom is 0.243 e. The second kappa shape index (κ2) is 14.7. The molecule has 0 saturated heterocycles. The highest BCUT2D eigenvalue weighted by molar-refractivity contribution is 5.88. The van der Waals surface area contributed by atoms with Crippen molar-refractivity contribution in [2.75, 3.05) is 13.2 Å². The Labute approximate surface area is 215 Å². The fourth-order valence-corrected chi connectivity index (χ4v) is 4.02. The molecule has 0 aliphatic heterocycles. The summed E-state index contributed by atoms with van der Waals surface area (Å²) in [6, 6.07) is 27.1. The van der Waals surface area contributed by atoms with Crippen molar-refractivity contribution in [2.45, 2.75) is 58.5 Å². The van der Waals surface area contributed by atoms with Crippen molar-refractivity contribution in [1.82, 2.24) is 10.2 Å². The first-order chi connectivity index (χ1) is 17.6. The van der Waals surface area contributed by atoms with Crippen LogP contribution in [0.3, 0.4) is 0 Å². The van der Waals surface area contributed by atoms with E-state index in [9.17, 15) is 9.59 Å². The first-order valence-corrected chi connectivity index (χ1v) is 12.9. The van der Waals surface area contributed by atoms with Gasteiger partial charge in [-0.25, -0.2) is 0 Å². The third kappa shape index (κ3) is 8.88. The Bertz CT molecular complexity index is 1050. The lowest BCUT2D eigenvalue weighted by Crippen LogP contribution is -2.50. The van der Waals surface area contributed by atoms with Crippen molar-refractivity contribution in [3.63, 3.8) is 0 Å². The van der Waals surface area contributed by atoms with E-state index in [0.717, 1.165) is 35.3 Å². The lowest BCUT2D eigenvalue weighted by molar-refractivity contribution is -0.141. The summed E-state index contributed by atoms with van der Waals surface area (Å²) in [5.74, 6) is 0.644. The number of benzene rings is 3. The Morgan fingerprint density at radius 3 is 2.19 bits per heavy atom. The summed E-state index contributed by atoms with van der Waals surface area (Å²) in [6.45, 7) is 5.58. The zero-order chi connectivity index (χ0) is 25.6. The zero-order valence-corrected chi connectivity index (χ0v) is 21.5. The number of rotatable bonds is 14. The Morgan fingerprint density at radius 2 is 1.53 bits per heavy atom. The largest absolute Gasteiger partial charge is 0.494 e. The van der Waals surface area contributed by atoms with E-state index in [1.54, 1.807) is 4.90 Å². The van der Waals surface area contributed by atoms with E-state index in [1.807, 2.05) is 91.9 Å². The molecule has 190 valence electrons. The van der Waals surface area contributed by atoms with Crippen molar-refractivity contribution >= 4 is 11.8 Å². The van der Waals surface area contributed by atoms with Gasteiger partial charge in [-0.05, 0) is 43.0 Å². The van der Waals surface area contributed by atoms with Gasteiger partial charge in [-0.15, -0.1) is 0 Å². The first-order valence-electron chi connectivity index (χ1n) is 12.9. The molecule has 0 fully saturated rings. The predicted molar refractivity (Wildman–Crippen MR) is 145 cm³/mol. The average Bonchev–Trinajstić information content (AvgIpc) is 2.91. The van der Waals surface area contributed by atoms with Gasteiger partial charge >= 0.3 is 0 Å². The number of carbonyl (C=O) groups excluding carboxylic acids is 2. The van der Waals surface area contributed by atoms with Gasteiger partial charge in [-0.3, -0.25) is 9.59 Å². The maximum absolute atomic E-state index is 13.6. The molecule has 0 aliphatic rings. The number of unbranched alkanes of at least 4 members (excludes halogenated alkanes) is 1. The predicted octanol–water partition coefficient (Wildman–Crippen LogP) is 5.71. The highest BCUT2D eigenvalue weighted by Crippen LogP contribution is 2.17. The molecule has 3 aromatic carbocycles. The van der Waals surface area contributed by atoms with Crippen LogP contribution in [0.15, 0.2) is 84.9 Å². The summed E-state index contributed by atoms with van der Waals surface area (Å²) < 4.78 is 5.79. The minimum Gasteiger partial charge on any atom is -0.494 e. The van der Waals surface area contributed by atoms with Gasteiger partial charge in [0.25, 0.3) is 0 Å². The van der Waals surface area contributed by atoms with Gasteiger partial charge in [-0.2, -0.15) is 0 Å². The Morgan fingerprint density at radius 1 is 0.861 bits per heavy atom. The van der Waals surface area contributed by atoms with Gasteiger partial charge in [0.15, 0.2) is 0 Å². The molecule has 0 aliphatic carbocycles. The van der Waals surface area contributed by atoms with Crippen LogP contribution in [0.5, 0.6) is 5.75 Å². The molecule has 3 rings (SSSR count). The van der Waals surface area contributed by atoms with Crippen molar-refractivity contribution in [2.24, 2.45) is 0 Å². The molecular weight excluding hydrogens is 448 g/mol. The third-order valence-corrected chi connectivity index (χ3v) is 6.12. The molecule has 36 heavy (non-hydrogen) atoms. The number of hydrogen-bond donors (Lipinski definition) is 1. The fourth-order valence-electron chi connectivity index (χ4n) is 4.02. The van der Waals surface area contributed by atoms with Gasteiger partial charge in [0.1, 0.15) is 11.8 Å². The molecule has 0 spiro atoms. The smallest absolute Gasteiger partial charge is 0.243 e. The molecule has 0 bridgehead atoms. The molecule has 1 atom stereocenters. The van der Waals surface area contributed by atoms with E-state index in [0.29, 0.717) is 39.0 Å². The minimum absolute atomic E-state index is 0.0428. The summed E-state index contributed by atoms with van der Waals surface area (Å²) >= 11 is 0. The second-order valence-corrected chi connectivity index (χ2v) is 9.12. The van der Waals surface area contributed by atoms with Crippen LogP contribution in [0.1, 0.15) is 49.3 Å². The third-order valence-electron chi connectivity index (χ3n) is 6.12. The molecule has 0 radical (unpaired) electrons. The zero-order valence-electron chi connectivity index (χ0n) is 21.5. The molecule has 5 heteroatoms. The summed E-state index contributed by atoms with van der Waals surface area (Å²) in [5.41, 5.74) is 3.20. The van der Waals surface area contributed by atoms with Crippen LogP contribution >= 0.6 is 0 Å². The Kier molecular flexibility index (Phi) is 11.0. The summed E-state index contributed by atoms with van der Waals surface area (Å²) in [5, 5.41) is 3.07.